The van der Waals surface area contributed by atoms with E-state index in [0.29, 0.717) is 6.54 Å². The van der Waals surface area contributed by atoms with Gasteiger partial charge in [0.15, 0.2) is 5.16 Å². The third kappa shape index (κ3) is 3.46. The van der Waals surface area contributed by atoms with E-state index < -0.39 is 0 Å². The summed E-state index contributed by atoms with van der Waals surface area (Å²) in [7, 11) is 0. The molecule has 0 fully saturated rings. The molecule has 1 aromatic carbocycles. The Balaban J connectivity index is 2.03. The minimum Gasteiger partial charge on any atom is -0.329 e. The maximum absolute atomic E-state index is 5.59. The Morgan fingerprint density at radius 2 is 2.00 bits per heavy atom. The molecule has 6 heteroatoms. The van der Waals surface area contributed by atoms with E-state index in [1.165, 1.54) is 9.13 Å². The maximum atomic E-state index is 5.59. The molecule has 18 heavy (non-hydrogen) atoms. The molecule has 0 saturated heterocycles. The Morgan fingerprint density at radius 3 is 2.67 bits per heavy atom. The second-order valence-electron chi connectivity index (χ2n) is 3.89. The number of nitrogens with two attached hydrogens (primary N) is 1. The summed E-state index contributed by atoms with van der Waals surface area (Å²) in [6.07, 6.45) is 0. The van der Waals surface area contributed by atoms with E-state index in [-0.39, 0.29) is 0 Å². The number of rotatable bonds is 5. The van der Waals surface area contributed by atoms with Crippen LogP contribution in [0.1, 0.15) is 11.4 Å². The lowest BCUT2D eigenvalue weighted by Crippen LogP contribution is -2.12. The normalized spacial score (nSPS) is 10.8. The second kappa shape index (κ2) is 6.53. The van der Waals surface area contributed by atoms with E-state index in [9.17, 15) is 0 Å². The summed E-state index contributed by atoms with van der Waals surface area (Å²) in [5.74, 6) is 1.82. The summed E-state index contributed by atoms with van der Waals surface area (Å²) in [6, 6.07) is 8.52. The van der Waals surface area contributed by atoms with Gasteiger partial charge in [0.2, 0.25) is 0 Å². The predicted octanol–water partition coefficient (Wildman–Crippen LogP) is 2.44. The van der Waals surface area contributed by atoms with Gasteiger partial charge in [0.25, 0.3) is 0 Å². The molecule has 0 atom stereocenters. The zero-order chi connectivity index (χ0) is 13.0. The van der Waals surface area contributed by atoms with Crippen LogP contribution in [0.4, 0.5) is 0 Å². The number of aromatic nitrogens is 3. The van der Waals surface area contributed by atoms with Gasteiger partial charge in [0.1, 0.15) is 5.82 Å². The SMILES string of the molecule is Cc1nnc(SCc2ccc(I)cc2)n1CCN. The fourth-order valence-corrected chi connectivity index (χ4v) is 2.91. The van der Waals surface area contributed by atoms with Crippen LogP contribution in [0.3, 0.4) is 0 Å². The number of hydrogen-bond acceptors (Lipinski definition) is 4. The van der Waals surface area contributed by atoms with E-state index >= 15 is 0 Å². The lowest BCUT2D eigenvalue weighted by atomic mass is 10.2. The lowest BCUT2D eigenvalue weighted by molar-refractivity contribution is 0.627. The third-order valence-corrected chi connectivity index (χ3v) is 4.29. The van der Waals surface area contributed by atoms with Crippen LogP contribution in [0.2, 0.25) is 0 Å². The van der Waals surface area contributed by atoms with Crippen LogP contribution in [0.25, 0.3) is 0 Å². The first-order valence-electron chi connectivity index (χ1n) is 5.68. The molecule has 0 bridgehead atoms. The van der Waals surface area contributed by atoms with Crippen molar-refractivity contribution in [3.05, 3.63) is 39.2 Å². The molecule has 2 N–H and O–H groups in total. The van der Waals surface area contributed by atoms with E-state index in [1.54, 1.807) is 11.8 Å². The molecule has 0 aliphatic rings. The first-order chi connectivity index (χ1) is 8.70. The predicted molar refractivity (Wildman–Crippen MR) is 82.5 cm³/mol. The van der Waals surface area contributed by atoms with Gasteiger partial charge in [0, 0.05) is 22.4 Å². The zero-order valence-corrected chi connectivity index (χ0v) is 13.1. The Labute approximate surface area is 124 Å². The molecule has 2 rings (SSSR count). The topological polar surface area (TPSA) is 56.7 Å². The number of hydrogen-bond donors (Lipinski definition) is 1. The smallest absolute Gasteiger partial charge is 0.191 e. The molecule has 0 spiro atoms. The molecule has 0 aliphatic carbocycles. The molecule has 0 radical (unpaired) electrons. The Hall–Kier alpha value is -0.600. The van der Waals surface area contributed by atoms with Gasteiger partial charge in [-0.3, -0.25) is 0 Å². The minimum absolute atomic E-state index is 0.607. The third-order valence-electron chi connectivity index (χ3n) is 2.54. The summed E-state index contributed by atoms with van der Waals surface area (Å²) < 4.78 is 3.32. The van der Waals surface area contributed by atoms with Gasteiger partial charge in [0.05, 0.1) is 0 Å². The number of aryl methyl sites for hydroxylation is 1. The molecule has 2 aromatic rings. The zero-order valence-electron chi connectivity index (χ0n) is 10.1. The molecule has 0 aliphatic heterocycles. The van der Waals surface area contributed by atoms with E-state index in [2.05, 4.69) is 61.6 Å². The van der Waals surface area contributed by atoms with Crippen molar-refractivity contribution in [2.75, 3.05) is 6.54 Å². The summed E-state index contributed by atoms with van der Waals surface area (Å²) in [5.41, 5.74) is 6.89. The van der Waals surface area contributed by atoms with Gasteiger partial charge in [-0.15, -0.1) is 10.2 Å². The minimum atomic E-state index is 0.607. The van der Waals surface area contributed by atoms with Crippen molar-refractivity contribution in [3.8, 4) is 0 Å². The van der Waals surface area contributed by atoms with Crippen LogP contribution in [-0.2, 0) is 12.3 Å². The van der Waals surface area contributed by atoms with Crippen LogP contribution < -0.4 is 5.73 Å². The fourth-order valence-electron chi connectivity index (χ4n) is 1.58. The van der Waals surface area contributed by atoms with Gasteiger partial charge in [-0.05, 0) is 47.2 Å². The summed E-state index contributed by atoms with van der Waals surface area (Å²) in [4.78, 5) is 0. The second-order valence-corrected chi connectivity index (χ2v) is 6.07. The summed E-state index contributed by atoms with van der Waals surface area (Å²) in [6.45, 7) is 3.33. The number of nitrogens with zero attached hydrogens (tertiary/aromatic N) is 3. The lowest BCUT2D eigenvalue weighted by Gasteiger charge is -2.06. The summed E-state index contributed by atoms with van der Waals surface area (Å²) in [5, 5.41) is 9.22. The van der Waals surface area contributed by atoms with Crippen molar-refractivity contribution < 1.29 is 0 Å². The average Bonchev–Trinajstić information content (AvgIpc) is 2.71. The molecule has 4 nitrogen and oxygen atoms in total. The highest BCUT2D eigenvalue weighted by Crippen LogP contribution is 2.22. The van der Waals surface area contributed by atoms with E-state index in [0.717, 1.165) is 23.3 Å². The van der Waals surface area contributed by atoms with Crippen molar-refractivity contribution in [2.45, 2.75) is 24.4 Å². The van der Waals surface area contributed by atoms with E-state index in [4.69, 9.17) is 5.73 Å². The Kier molecular flexibility index (Phi) is 5.02. The molecule has 96 valence electrons. The van der Waals surface area contributed by atoms with Gasteiger partial charge in [-0.1, -0.05) is 23.9 Å². The quantitative estimate of drug-likeness (QED) is 0.645. The van der Waals surface area contributed by atoms with Crippen LogP contribution in [0.15, 0.2) is 29.4 Å². The van der Waals surface area contributed by atoms with Crippen LogP contribution >= 0.6 is 34.4 Å². The van der Waals surface area contributed by atoms with Gasteiger partial charge in [-0.2, -0.15) is 0 Å². The van der Waals surface area contributed by atoms with Gasteiger partial charge < -0.3 is 10.3 Å². The molecule has 1 aromatic heterocycles. The standard InChI is InChI=1S/C12H15IN4S/c1-9-15-16-12(17(9)7-6-14)18-8-10-2-4-11(13)5-3-10/h2-5H,6-8,14H2,1H3. The monoisotopic (exact) mass is 374 g/mol. The Morgan fingerprint density at radius 1 is 1.28 bits per heavy atom. The highest BCUT2D eigenvalue weighted by molar-refractivity contribution is 14.1. The number of halogens is 1. The number of thioether (sulfide) groups is 1. The fraction of sp³-hybridized carbons (Fsp3) is 0.333. The average molecular weight is 374 g/mol. The Bertz CT molecular complexity index is 509. The molecule has 0 amide bonds. The molecular formula is C12H15IN4S. The molecule has 0 unspecified atom stereocenters. The highest BCUT2D eigenvalue weighted by atomic mass is 127. The molecular weight excluding hydrogens is 359 g/mol. The van der Waals surface area contributed by atoms with Gasteiger partial charge >= 0.3 is 0 Å². The number of benzene rings is 1. The molecule has 1 heterocycles. The molecule has 0 saturated carbocycles. The van der Waals surface area contributed by atoms with Crippen LogP contribution in [0, 0.1) is 10.5 Å². The highest BCUT2D eigenvalue weighted by Gasteiger charge is 2.08. The maximum Gasteiger partial charge on any atom is 0.191 e. The van der Waals surface area contributed by atoms with Crippen LogP contribution in [-0.4, -0.2) is 21.3 Å². The summed E-state index contributed by atoms with van der Waals surface area (Å²) >= 11 is 4.01. The van der Waals surface area contributed by atoms with Crippen molar-refractivity contribution in [1.82, 2.24) is 14.8 Å². The largest absolute Gasteiger partial charge is 0.329 e. The van der Waals surface area contributed by atoms with E-state index in [1.807, 2.05) is 6.92 Å². The van der Waals surface area contributed by atoms with Gasteiger partial charge in [-0.25, -0.2) is 0 Å². The first kappa shape index (κ1) is 13.8. The van der Waals surface area contributed by atoms with Crippen molar-refractivity contribution >= 4 is 34.4 Å². The van der Waals surface area contributed by atoms with Crippen LogP contribution in [0.5, 0.6) is 0 Å². The van der Waals surface area contributed by atoms with Crippen molar-refractivity contribution in [3.63, 3.8) is 0 Å². The first-order valence-corrected chi connectivity index (χ1v) is 7.74. The van der Waals surface area contributed by atoms with Crippen molar-refractivity contribution in [1.29, 1.82) is 0 Å². The van der Waals surface area contributed by atoms with Crippen molar-refractivity contribution in [2.24, 2.45) is 5.73 Å².